The first-order chi connectivity index (χ1) is 13.0. The predicted molar refractivity (Wildman–Crippen MR) is 105 cm³/mol. The first kappa shape index (κ1) is 18.4. The molecule has 0 aliphatic heterocycles. The maximum Gasteiger partial charge on any atom is 0.252 e. The largest absolute Gasteiger partial charge is 0.507 e. The summed E-state index contributed by atoms with van der Waals surface area (Å²) in [5.74, 6) is -0.121. The molecule has 3 rings (SSSR count). The number of nitrogens with zero attached hydrogens (tertiary/aromatic N) is 3. The second-order valence-corrected chi connectivity index (χ2v) is 6.39. The Morgan fingerprint density at radius 2 is 2.11 bits per heavy atom. The summed E-state index contributed by atoms with van der Waals surface area (Å²) in [6, 6.07) is 12.2. The summed E-state index contributed by atoms with van der Waals surface area (Å²) in [6.07, 6.45) is 1.70. The summed E-state index contributed by atoms with van der Waals surface area (Å²) < 4.78 is 6.89. The first-order valence-electron chi connectivity index (χ1n) is 7.98. The van der Waals surface area contributed by atoms with Crippen molar-refractivity contribution in [1.29, 1.82) is 0 Å². The summed E-state index contributed by atoms with van der Waals surface area (Å²) in [5.41, 5.74) is 7.66. The molecule has 27 heavy (non-hydrogen) atoms. The van der Waals surface area contributed by atoms with Crippen LogP contribution in [0.2, 0.25) is 0 Å². The minimum atomic E-state index is -0.698. The molecule has 1 aromatic heterocycles. The highest BCUT2D eigenvalue weighted by Gasteiger charge is 2.13. The van der Waals surface area contributed by atoms with Crippen molar-refractivity contribution in [3.63, 3.8) is 0 Å². The Morgan fingerprint density at radius 1 is 1.30 bits per heavy atom. The van der Waals surface area contributed by atoms with E-state index in [1.165, 1.54) is 23.5 Å². The van der Waals surface area contributed by atoms with E-state index in [4.69, 9.17) is 10.5 Å². The quantitative estimate of drug-likeness (QED) is 0.663. The zero-order valence-corrected chi connectivity index (χ0v) is 15.6. The van der Waals surface area contributed by atoms with E-state index < -0.39 is 5.91 Å². The number of primary amides is 1. The molecule has 0 saturated heterocycles. The molecule has 1 amide bonds. The van der Waals surface area contributed by atoms with E-state index in [1.54, 1.807) is 31.1 Å². The molecule has 3 aromatic rings. The number of thiazole rings is 1. The molecule has 0 aliphatic rings. The SMILES string of the molecule is CN=c1scc(-c2ccc(O)c(C(N)=O)c2)n1/N=C/c1cccc(OC)c1. The third-order valence-electron chi connectivity index (χ3n) is 3.85. The minimum Gasteiger partial charge on any atom is -0.507 e. The van der Waals surface area contributed by atoms with Crippen LogP contribution in [0.4, 0.5) is 0 Å². The summed E-state index contributed by atoms with van der Waals surface area (Å²) in [6.45, 7) is 0. The maximum absolute atomic E-state index is 11.5. The van der Waals surface area contributed by atoms with Gasteiger partial charge < -0.3 is 15.6 Å². The van der Waals surface area contributed by atoms with Crippen molar-refractivity contribution < 1.29 is 14.6 Å². The van der Waals surface area contributed by atoms with Crippen LogP contribution in [0.15, 0.2) is 57.9 Å². The van der Waals surface area contributed by atoms with Gasteiger partial charge in [0.1, 0.15) is 11.5 Å². The highest BCUT2D eigenvalue weighted by atomic mass is 32.1. The van der Waals surface area contributed by atoms with Crippen LogP contribution in [0.25, 0.3) is 11.3 Å². The average Bonchev–Trinajstić information content (AvgIpc) is 3.09. The maximum atomic E-state index is 11.5. The third-order valence-corrected chi connectivity index (χ3v) is 4.76. The molecule has 8 heteroatoms. The van der Waals surface area contributed by atoms with Gasteiger partial charge in [0.05, 0.1) is 24.6 Å². The normalized spacial score (nSPS) is 11.9. The van der Waals surface area contributed by atoms with Crippen LogP contribution in [-0.2, 0) is 0 Å². The molecule has 3 N–H and O–H groups in total. The molecule has 0 saturated carbocycles. The second kappa shape index (κ2) is 7.88. The lowest BCUT2D eigenvalue weighted by Crippen LogP contribution is -2.13. The number of benzene rings is 2. The van der Waals surface area contributed by atoms with Crippen LogP contribution in [0.3, 0.4) is 0 Å². The molecule has 7 nitrogen and oxygen atoms in total. The number of aromatic hydroxyl groups is 1. The monoisotopic (exact) mass is 382 g/mol. The Bertz CT molecular complexity index is 1080. The van der Waals surface area contributed by atoms with E-state index in [0.29, 0.717) is 10.4 Å². The molecule has 1 heterocycles. The van der Waals surface area contributed by atoms with Gasteiger partial charge in [0, 0.05) is 18.0 Å². The van der Waals surface area contributed by atoms with Crippen LogP contribution in [0.1, 0.15) is 15.9 Å². The van der Waals surface area contributed by atoms with E-state index in [1.807, 2.05) is 29.6 Å². The number of amides is 1. The van der Waals surface area contributed by atoms with Crippen molar-refractivity contribution >= 4 is 23.5 Å². The zero-order valence-electron chi connectivity index (χ0n) is 14.8. The number of hydrogen-bond acceptors (Lipinski definition) is 6. The Morgan fingerprint density at radius 3 is 2.81 bits per heavy atom. The van der Waals surface area contributed by atoms with Crippen molar-refractivity contribution in [1.82, 2.24) is 4.68 Å². The number of hydrogen-bond donors (Lipinski definition) is 2. The summed E-state index contributed by atoms with van der Waals surface area (Å²) >= 11 is 1.41. The Balaban J connectivity index is 2.07. The molecular formula is C19H18N4O3S. The van der Waals surface area contributed by atoms with Gasteiger partial charge in [-0.2, -0.15) is 5.10 Å². The molecule has 138 valence electrons. The topological polar surface area (TPSA) is 102 Å². The first-order valence-corrected chi connectivity index (χ1v) is 8.86. The lowest BCUT2D eigenvalue weighted by molar-refractivity contribution is 0.0998. The van der Waals surface area contributed by atoms with Gasteiger partial charge in [-0.25, -0.2) is 4.68 Å². The van der Waals surface area contributed by atoms with E-state index in [9.17, 15) is 9.90 Å². The molecule has 2 aromatic carbocycles. The average molecular weight is 382 g/mol. The van der Waals surface area contributed by atoms with E-state index in [-0.39, 0.29) is 11.3 Å². The minimum absolute atomic E-state index is 0.0528. The number of rotatable bonds is 5. The fourth-order valence-electron chi connectivity index (χ4n) is 2.50. The molecule has 0 atom stereocenters. The molecule has 0 unspecified atom stereocenters. The standard InChI is InChI=1S/C19H18N4O3S/c1-21-19-23(22-10-12-4-3-5-14(8-12)26-2)16(11-27-19)13-6-7-17(24)15(9-13)18(20)25/h3-11,24H,1-2H3,(H2,20,25)/b21-19?,22-10+. The van der Waals surface area contributed by atoms with Crippen LogP contribution >= 0.6 is 11.3 Å². The number of aromatic nitrogens is 1. The Kier molecular flexibility index (Phi) is 5.37. The van der Waals surface area contributed by atoms with Crippen molar-refractivity contribution in [2.75, 3.05) is 14.2 Å². The van der Waals surface area contributed by atoms with Gasteiger partial charge in [0.25, 0.3) is 5.91 Å². The lowest BCUT2D eigenvalue weighted by atomic mass is 10.1. The Hall–Kier alpha value is -3.39. The van der Waals surface area contributed by atoms with E-state index >= 15 is 0 Å². The Labute approximate surface area is 159 Å². The predicted octanol–water partition coefficient (Wildman–Crippen LogP) is 2.44. The molecule has 0 aliphatic carbocycles. The molecular weight excluding hydrogens is 364 g/mol. The van der Waals surface area contributed by atoms with Crippen molar-refractivity contribution in [3.05, 3.63) is 63.8 Å². The molecule has 0 bridgehead atoms. The van der Waals surface area contributed by atoms with E-state index in [0.717, 1.165) is 17.0 Å². The van der Waals surface area contributed by atoms with Gasteiger partial charge in [0.15, 0.2) is 0 Å². The lowest BCUT2D eigenvalue weighted by Gasteiger charge is -2.06. The van der Waals surface area contributed by atoms with E-state index in [2.05, 4.69) is 10.1 Å². The van der Waals surface area contributed by atoms with Crippen LogP contribution < -0.4 is 15.3 Å². The zero-order chi connectivity index (χ0) is 19.4. The number of nitrogens with two attached hydrogens (primary N) is 1. The summed E-state index contributed by atoms with van der Waals surface area (Å²) in [5, 5.41) is 16.2. The number of carbonyl (C=O) groups excluding carboxylic acids is 1. The van der Waals surface area contributed by atoms with Crippen LogP contribution in [-0.4, -0.2) is 36.1 Å². The fourth-order valence-corrected chi connectivity index (χ4v) is 3.30. The van der Waals surface area contributed by atoms with Crippen LogP contribution in [0, 0.1) is 0 Å². The number of phenols is 1. The molecule has 0 fully saturated rings. The third kappa shape index (κ3) is 3.90. The number of carbonyl (C=O) groups is 1. The summed E-state index contributed by atoms with van der Waals surface area (Å²) in [7, 11) is 3.29. The van der Waals surface area contributed by atoms with Crippen molar-refractivity contribution in [2.24, 2.45) is 15.8 Å². The smallest absolute Gasteiger partial charge is 0.252 e. The van der Waals surface area contributed by atoms with Gasteiger partial charge in [-0.05, 0) is 35.9 Å². The molecule has 0 radical (unpaired) electrons. The van der Waals surface area contributed by atoms with Crippen LogP contribution in [0.5, 0.6) is 11.5 Å². The van der Waals surface area contributed by atoms with Crippen molar-refractivity contribution in [3.8, 4) is 22.8 Å². The van der Waals surface area contributed by atoms with Gasteiger partial charge in [-0.15, -0.1) is 11.3 Å². The molecule has 0 spiro atoms. The highest BCUT2D eigenvalue weighted by Crippen LogP contribution is 2.26. The van der Waals surface area contributed by atoms with Gasteiger partial charge in [-0.3, -0.25) is 9.79 Å². The van der Waals surface area contributed by atoms with Gasteiger partial charge >= 0.3 is 0 Å². The number of methoxy groups -OCH3 is 1. The van der Waals surface area contributed by atoms with Gasteiger partial charge in [0.2, 0.25) is 4.80 Å². The fraction of sp³-hybridized carbons (Fsp3) is 0.105. The van der Waals surface area contributed by atoms with Gasteiger partial charge in [-0.1, -0.05) is 12.1 Å². The highest BCUT2D eigenvalue weighted by molar-refractivity contribution is 7.07. The van der Waals surface area contributed by atoms with Crippen molar-refractivity contribution in [2.45, 2.75) is 0 Å². The summed E-state index contributed by atoms with van der Waals surface area (Å²) in [4.78, 5) is 16.4. The second-order valence-electron chi connectivity index (χ2n) is 5.56. The number of ether oxygens (including phenoxy) is 1.